The van der Waals surface area contributed by atoms with Crippen LogP contribution in [0.1, 0.15) is 36.1 Å². The number of aldehydes is 1. The summed E-state index contributed by atoms with van der Waals surface area (Å²) in [5.74, 6) is 2.08. The first-order valence-electron chi connectivity index (χ1n) is 7.57. The lowest BCUT2D eigenvalue weighted by atomic mass is 10.2. The van der Waals surface area contributed by atoms with Crippen molar-refractivity contribution in [2.24, 2.45) is 0 Å². The van der Waals surface area contributed by atoms with Crippen LogP contribution in [-0.4, -0.2) is 36.8 Å². The average molecular weight is 318 g/mol. The Morgan fingerprint density at radius 2 is 2.13 bits per heavy atom. The predicted molar refractivity (Wildman–Crippen MR) is 86.6 cm³/mol. The summed E-state index contributed by atoms with van der Waals surface area (Å²) in [5, 5.41) is 0. The molecule has 6 heteroatoms. The third-order valence-electron chi connectivity index (χ3n) is 3.48. The molecule has 0 fully saturated rings. The van der Waals surface area contributed by atoms with E-state index in [0.717, 1.165) is 37.1 Å². The molecule has 1 heterocycles. The van der Waals surface area contributed by atoms with Crippen LogP contribution in [0.25, 0.3) is 5.69 Å². The van der Waals surface area contributed by atoms with E-state index in [1.54, 1.807) is 26.5 Å². The van der Waals surface area contributed by atoms with Crippen molar-refractivity contribution < 1.29 is 19.0 Å². The first-order valence-corrected chi connectivity index (χ1v) is 7.57. The standard InChI is InChI=1S/C17H22N2O4/c1-4-5-6-17-18-10-13(11-20)19(17)15-8-7-14(22-3)9-16(15)23-12-21-2/h7-11H,4-6,12H2,1-3H3. The Morgan fingerprint density at radius 3 is 2.78 bits per heavy atom. The van der Waals surface area contributed by atoms with Crippen LogP contribution in [0.15, 0.2) is 24.4 Å². The number of hydrogen-bond acceptors (Lipinski definition) is 5. The normalized spacial score (nSPS) is 10.6. The number of unbranched alkanes of at least 4 members (excludes halogenated alkanes) is 1. The maximum absolute atomic E-state index is 11.4. The molecule has 0 saturated carbocycles. The SMILES string of the molecule is CCCCc1ncc(C=O)n1-c1ccc(OC)cc1OCOC. The molecule has 0 bridgehead atoms. The van der Waals surface area contributed by atoms with Crippen molar-refractivity contribution in [3.8, 4) is 17.2 Å². The summed E-state index contributed by atoms with van der Waals surface area (Å²) in [4.78, 5) is 15.8. The molecular weight excluding hydrogens is 296 g/mol. The Labute approximate surface area is 136 Å². The number of imidazole rings is 1. The van der Waals surface area contributed by atoms with Crippen molar-refractivity contribution in [3.63, 3.8) is 0 Å². The van der Waals surface area contributed by atoms with Crippen molar-refractivity contribution in [2.75, 3.05) is 21.0 Å². The van der Waals surface area contributed by atoms with Crippen LogP contribution in [0.2, 0.25) is 0 Å². The van der Waals surface area contributed by atoms with Crippen LogP contribution in [0.5, 0.6) is 11.5 Å². The van der Waals surface area contributed by atoms with Gasteiger partial charge in [-0.1, -0.05) is 13.3 Å². The molecule has 0 N–H and O–H groups in total. The van der Waals surface area contributed by atoms with E-state index in [1.807, 2.05) is 16.7 Å². The number of aromatic nitrogens is 2. The molecule has 0 aliphatic rings. The highest BCUT2D eigenvalue weighted by atomic mass is 16.7. The van der Waals surface area contributed by atoms with Crippen molar-refractivity contribution >= 4 is 6.29 Å². The zero-order valence-electron chi connectivity index (χ0n) is 13.7. The zero-order chi connectivity index (χ0) is 16.7. The summed E-state index contributed by atoms with van der Waals surface area (Å²) in [6, 6.07) is 5.45. The number of methoxy groups -OCH3 is 2. The van der Waals surface area contributed by atoms with Gasteiger partial charge in [-0.3, -0.25) is 9.36 Å². The molecule has 1 aromatic carbocycles. The first-order chi connectivity index (χ1) is 11.2. The van der Waals surface area contributed by atoms with Gasteiger partial charge in [0.15, 0.2) is 13.1 Å². The van der Waals surface area contributed by atoms with E-state index in [4.69, 9.17) is 14.2 Å². The number of nitrogens with zero attached hydrogens (tertiary/aromatic N) is 2. The molecule has 23 heavy (non-hydrogen) atoms. The zero-order valence-corrected chi connectivity index (χ0v) is 13.7. The molecule has 2 rings (SSSR count). The second-order valence-corrected chi connectivity index (χ2v) is 5.04. The number of hydrogen-bond donors (Lipinski definition) is 0. The van der Waals surface area contributed by atoms with E-state index >= 15 is 0 Å². The van der Waals surface area contributed by atoms with Gasteiger partial charge in [-0.15, -0.1) is 0 Å². The molecule has 124 valence electrons. The van der Waals surface area contributed by atoms with Gasteiger partial charge < -0.3 is 14.2 Å². The van der Waals surface area contributed by atoms with Gasteiger partial charge in [0, 0.05) is 19.6 Å². The monoisotopic (exact) mass is 318 g/mol. The van der Waals surface area contributed by atoms with Gasteiger partial charge in [0.05, 0.1) is 19.0 Å². The number of carbonyl (C=O) groups is 1. The lowest BCUT2D eigenvalue weighted by molar-refractivity contribution is 0.0509. The van der Waals surface area contributed by atoms with Gasteiger partial charge in [-0.2, -0.15) is 0 Å². The smallest absolute Gasteiger partial charge is 0.188 e. The average Bonchev–Trinajstić information content (AvgIpc) is 3.00. The number of ether oxygens (including phenoxy) is 3. The highest BCUT2D eigenvalue weighted by molar-refractivity contribution is 5.74. The minimum absolute atomic E-state index is 0.107. The van der Waals surface area contributed by atoms with Gasteiger partial charge in [-0.05, 0) is 18.6 Å². The van der Waals surface area contributed by atoms with Crippen molar-refractivity contribution in [2.45, 2.75) is 26.2 Å². The van der Waals surface area contributed by atoms with Crippen LogP contribution in [0, 0.1) is 0 Å². The number of aryl methyl sites for hydroxylation is 1. The largest absolute Gasteiger partial charge is 0.497 e. The maximum atomic E-state index is 11.4. The van der Waals surface area contributed by atoms with Gasteiger partial charge >= 0.3 is 0 Å². The van der Waals surface area contributed by atoms with Crippen LogP contribution < -0.4 is 9.47 Å². The van der Waals surface area contributed by atoms with Gasteiger partial charge in [0.25, 0.3) is 0 Å². The third-order valence-corrected chi connectivity index (χ3v) is 3.48. The number of carbonyl (C=O) groups excluding carboxylic acids is 1. The number of rotatable bonds is 9. The molecule has 0 saturated heterocycles. The van der Waals surface area contributed by atoms with Gasteiger partial charge in [0.2, 0.25) is 0 Å². The second-order valence-electron chi connectivity index (χ2n) is 5.04. The summed E-state index contributed by atoms with van der Waals surface area (Å²) in [5.41, 5.74) is 1.23. The van der Waals surface area contributed by atoms with Crippen molar-refractivity contribution in [1.29, 1.82) is 0 Å². The molecule has 0 atom stereocenters. The Morgan fingerprint density at radius 1 is 1.30 bits per heavy atom. The Bertz CT molecular complexity index is 652. The highest BCUT2D eigenvalue weighted by Gasteiger charge is 2.16. The summed E-state index contributed by atoms with van der Waals surface area (Å²) >= 11 is 0. The minimum Gasteiger partial charge on any atom is -0.497 e. The molecule has 0 unspecified atom stereocenters. The van der Waals surface area contributed by atoms with Crippen molar-refractivity contribution in [3.05, 3.63) is 35.9 Å². The van der Waals surface area contributed by atoms with Gasteiger partial charge in [0.1, 0.15) is 23.0 Å². The Balaban J connectivity index is 2.50. The van der Waals surface area contributed by atoms with E-state index in [1.165, 1.54) is 0 Å². The molecule has 6 nitrogen and oxygen atoms in total. The summed E-state index contributed by atoms with van der Waals surface area (Å²) in [6.45, 7) is 2.23. The minimum atomic E-state index is 0.107. The fraction of sp³-hybridized carbons (Fsp3) is 0.412. The fourth-order valence-corrected chi connectivity index (χ4v) is 2.32. The van der Waals surface area contributed by atoms with Crippen molar-refractivity contribution in [1.82, 2.24) is 9.55 Å². The van der Waals surface area contributed by atoms with Crippen LogP contribution in [0.3, 0.4) is 0 Å². The molecule has 0 aliphatic carbocycles. The molecular formula is C17H22N2O4. The van der Waals surface area contributed by atoms with E-state index in [0.29, 0.717) is 17.2 Å². The molecule has 1 aromatic heterocycles. The summed E-state index contributed by atoms with van der Waals surface area (Å²) in [7, 11) is 3.15. The maximum Gasteiger partial charge on any atom is 0.188 e. The van der Waals surface area contributed by atoms with E-state index in [2.05, 4.69) is 11.9 Å². The lowest BCUT2D eigenvalue weighted by Gasteiger charge is -2.16. The Kier molecular flexibility index (Phi) is 6.17. The fourth-order valence-electron chi connectivity index (χ4n) is 2.32. The summed E-state index contributed by atoms with van der Waals surface area (Å²) in [6.07, 6.45) is 5.23. The summed E-state index contributed by atoms with van der Waals surface area (Å²) < 4.78 is 17.7. The topological polar surface area (TPSA) is 62.6 Å². The van der Waals surface area contributed by atoms with Crippen LogP contribution >= 0.6 is 0 Å². The number of benzene rings is 1. The van der Waals surface area contributed by atoms with E-state index < -0.39 is 0 Å². The van der Waals surface area contributed by atoms with E-state index in [-0.39, 0.29) is 6.79 Å². The molecule has 0 radical (unpaired) electrons. The molecule has 0 amide bonds. The highest BCUT2D eigenvalue weighted by Crippen LogP contribution is 2.30. The van der Waals surface area contributed by atoms with Crippen LogP contribution in [-0.2, 0) is 11.2 Å². The third kappa shape index (κ3) is 3.90. The molecule has 0 spiro atoms. The molecule has 0 aliphatic heterocycles. The van der Waals surface area contributed by atoms with Crippen LogP contribution in [0.4, 0.5) is 0 Å². The van der Waals surface area contributed by atoms with E-state index in [9.17, 15) is 4.79 Å². The Hall–Kier alpha value is -2.34. The predicted octanol–water partition coefficient (Wildman–Crippen LogP) is 3.02. The second kappa shape index (κ2) is 8.33. The quantitative estimate of drug-likeness (QED) is 0.525. The molecule has 2 aromatic rings. The first kappa shape index (κ1) is 17.0. The van der Waals surface area contributed by atoms with Gasteiger partial charge in [-0.25, -0.2) is 4.98 Å². The lowest BCUT2D eigenvalue weighted by Crippen LogP contribution is -2.09.